The van der Waals surface area contributed by atoms with Gasteiger partial charge in [-0.25, -0.2) is 0 Å². The molecule has 0 saturated heterocycles. The summed E-state index contributed by atoms with van der Waals surface area (Å²) in [6, 6.07) is 0. The van der Waals surface area contributed by atoms with Gasteiger partial charge in [0, 0.05) is 0 Å². The monoisotopic (exact) mass is 384 g/mol. The van der Waals surface area contributed by atoms with Crippen LogP contribution in [0.4, 0.5) is 0 Å². The van der Waals surface area contributed by atoms with Crippen molar-refractivity contribution in [1.82, 2.24) is 0 Å². The first-order valence-electron chi connectivity index (χ1n) is 0.582. The van der Waals surface area contributed by atoms with Gasteiger partial charge in [0.25, 0.3) is 0 Å². The maximum absolute atomic E-state index is 9.26. The van der Waals surface area contributed by atoms with E-state index in [2.05, 4.69) is 17.0 Å². The van der Waals surface area contributed by atoms with Crippen molar-refractivity contribution in [3.8, 4) is 0 Å². The maximum atomic E-state index is 9.26. The molecule has 0 aliphatic rings. The molecule has 1 nitrogen and oxygen atoms in total. The number of halogens is 4. The van der Waals surface area contributed by atoms with Crippen LogP contribution in [0.25, 0.3) is 0 Å². The SMILES string of the molecule is [Ba+2].[Cl-].[Cl-].[O]=[Zr]([Cl])[Cl]. The number of rotatable bonds is 0. The Morgan fingerprint density at radius 1 is 1.14 bits per heavy atom. The van der Waals surface area contributed by atoms with E-state index >= 15 is 0 Å². The molecule has 0 aromatic rings. The summed E-state index contributed by atoms with van der Waals surface area (Å²) in [5.74, 6) is 0. The van der Waals surface area contributed by atoms with Gasteiger partial charge >= 0.3 is 88.1 Å². The quantitative estimate of drug-likeness (QED) is 0.381. The Balaban J connectivity index is -0.0000000150. The van der Waals surface area contributed by atoms with E-state index in [1.54, 1.807) is 0 Å². The third-order valence-corrected chi connectivity index (χ3v) is 0. The third kappa shape index (κ3) is 44.4. The molecule has 0 rings (SSSR count). The molecule has 0 aliphatic carbocycles. The van der Waals surface area contributed by atoms with Gasteiger partial charge in [0.15, 0.2) is 0 Å². The second-order valence-electron chi connectivity index (χ2n) is 0.226. The van der Waals surface area contributed by atoms with E-state index in [-0.39, 0.29) is 73.7 Å². The fourth-order valence-corrected chi connectivity index (χ4v) is 0. The van der Waals surface area contributed by atoms with Crippen molar-refractivity contribution >= 4 is 65.9 Å². The van der Waals surface area contributed by atoms with Crippen molar-refractivity contribution in [3.05, 3.63) is 0 Å². The molecule has 0 saturated carbocycles. The Kier molecular flexibility index (Phi) is 51.9. The Bertz CT molecular complexity index is 34.7. The van der Waals surface area contributed by atoms with Gasteiger partial charge in [-0.1, -0.05) is 0 Å². The second kappa shape index (κ2) is 16.2. The van der Waals surface area contributed by atoms with Crippen LogP contribution < -0.4 is 24.8 Å². The molecule has 0 heterocycles. The van der Waals surface area contributed by atoms with Crippen molar-refractivity contribution in [2.75, 3.05) is 0 Å². The van der Waals surface area contributed by atoms with E-state index in [1.165, 1.54) is 0 Å². The van der Waals surface area contributed by atoms with Crippen molar-refractivity contribution in [3.63, 3.8) is 0 Å². The summed E-state index contributed by atoms with van der Waals surface area (Å²) in [5.41, 5.74) is 0. The average Bonchev–Trinajstić information content (AvgIpc) is 0.811. The minimum atomic E-state index is -2.85. The normalized spacial score (nSPS) is 3.71. The van der Waals surface area contributed by atoms with E-state index in [9.17, 15) is 2.81 Å². The van der Waals surface area contributed by atoms with Crippen LogP contribution in [0.5, 0.6) is 0 Å². The van der Waals surface area contributed by atoms with Gasteiger partial charge < -0.3 is 24.8 Å². The molecular formula is BaCl4OZr. The first-order chi connectivity index (χ1) is 1.73. The molecule has 0 radical (unpaired) electrons. The molecule has 7 heavy (non-hydrogen) atoms. The zero-order valence-corrected chi connectivity index (χ0v) is 13.0. The molecule has 0 fully saturated rings. The summed E-state index contributed by atoms with van der Waals surface area (Å²) in [7, 11) is 9.36. The third-order valence-electron chi connectivity index (χ3n) is 0. The van der Waals surface area contributed by atoms with E-state index in [0.717, 1.165) is 0 Å². The summed E-state index contributed by atoms with van der Waals surface area (Å²) < 4.78 is 9.26. The summed E-state index contributed by atoms with van der Waals surface area (Å²) >= 11 is -2.85. The minimum absolute atomic E-state index is 0. The Morgan fingerprint density at radius 3 is 1.14 bits per heavy atom. The van der Waals surface area contributed by atoms with Gasteiger partial charge in [-0.15, -0.1) is 0 Å². The molecule has 40 valence electrons. The van der Waals surface area contributed by atoms with E-state index in [1.807, 2.05) is 0 Å². The molecule has 0 amide bonds. The molecule has 0 aromatic carbocycles. The summed E-state index contributed by atoms with van der Waals surface area (Å²) in [6.07, 6.45) is 0. The number of hydrogen-bond acceptors (Lipinski definition) is 1. The van der Waals surface area contributed by atoms with E-state index in [0.29, 0.717) is 0 Å². The molecule has 0 bridgehead atoms. The second-order valence-corrected chi connectivity index (χ2v) is 6.54. The van der Waals surface area contributed by atoms with Gasteiger partial charge in [-0.05, 0) is 0 Å². The van der Waals surface area contributed by atoms with E-state index in [4.69, 9.17) is 0 Å². The molecule has 0 aromatic heterocycles. The van der Waals surface area contributed by atoms with Crippen molar-refractivity contribution < 1.29 is 47.0 Å². The Labute approximate surface area is 110 Å². The van der Waals surface area contributed by atoms with Crippen LogP contribution in [0.15, 0.2) is 0 Å². The first-order valence-corrected chi connectivity index (χ1v) is 7.92. The van der Waals surface area contributed by atoms with Crippen LogP contribution in [0.3, 0.4) is 0 Å². The molecule has 0 unspecified atom stereocenters. The van der Waals surface area contributed by atoms with Crippen LogP contribution in [0.2, 0.25) is 0 Å². The predicted molar refractivity (Wildman–Crippen MR) is 18.1 cm³/mol. The molecule has 0 aliphatic heterocycles. The number of hydrogen-bond donors (Lipinski definition) is 0. The zero-order chi connectivity index (χ0) is 3.58. The Hall–Kier alpha value is 3.41. The fourth-order valence-electron chi connectivity index (χ4n) is 0. The van der Waals surface area contributed by atoms with E-state index < -0.39 is 19.4 Å². The summed E-state index contributed by atoms with van der Waals surface area (Å²) in [4.78, 5) is 0. The van der Waals surface area contributed by atoms with Crippen molar-refractivity contribution in [2.45, 2.75) is 0 Å². The van der Waals surface area contributed by atoms with Crippen molar-refractivity contribution in [2.24, 2.45) is 0 Å². The zero-order valence-electron chi connectivity index (χ0n) is 3.13. The van der Waals surface area contributed by atoms with Crippen LogP contribution in [-0.4, -0.2) is 48.9 Å². The molecule has 0 atom stereocenters. The van der Waals surface area contributed by atoms with Crippen LogP contribution in [-0.2, 0) is 22.2 Å². The van der Waals surface area contributed by atoms with Crippen LogP contribution >= 0.6 is 17.0 Å². The standard InChI is InChI=1S/Ba.4ClH.O.Zr/h;4*1H;;/q+2;;;;;;+2/p-4. The molecule has 7 heteroatoms. The topological polar surface area (TPSA) is 17.1 Å². The first kappa shape index (κ1) is 22.4. The van der Waals surface area contributed by atoms with Gasteiger partial charge in [-0.2, -0.15) is 0 Å². The summed E-state index contributed by atoms with van der Waals surface area (Å²) in [6.45, 7) is 0. The predicted octanol–water partition coefficient (Wildman–Crippen LogP) is -5.12. The van der Waals surface area contributed by atoms with Crippen LogP contribution in [0, 0.1) is 0 Å². The fraction of sp³-hybridized carbons (Fsp3) is 0. The van der Waals surface area contributed by atoms with Crippen molar-refractivity contribution in [1.29, 1.82) is 0 Å². The van der Waals surface area contributed by atoms with Gasteiger partial charge in [-0.3, -0.25) is 0 Å². The van der Waals surface area contributed by atoms with Gasteiger partial charge in [0.1, 0.15) is 0 Å². The van der Waals surface area contributed by atoms with Gasteiger partial charge in [0.05, 0.1) is 0 Å². The van der Waals surface area contributed by atoms with Gasteiger partial charge in [0.2, 0.25) is 0 Å². The van der Waals surface area contributed by atoms with Crippen LogP contribution in [0.1, 0.15) is 0 Å². The Morgan fingerprint density at radius 2 is 1.14 bits per heavy atom. The molecule has 0 spiro atoms. The summed E-state index contributed by atoms with van der Waals surface area (Å²) in [5, 5.41) is 0. The average molecular weight is 386 g/mol. The molecule has 0 N–H and O–H groups in total. The molecular weight excluding hydrogens is 386 g/mol.